The Kier molecular flexibility index (Phi) is 5.20. The molecule has 25 heavy (non-hydrogen) atoms. The summed E-state index contributed by atoms with van der Waals surface area (Å²) in [6, 6.07) is 9.50. The van der Waals surface area contributed by atoms with Crippen molar-refractivity contribution in [3.05, 3.63) is 47.1 Å². The van der Waals surface area contributed by atoms with Crippen LogP contribution in [0.2, 0.25) is 0 Å². The van der Waals surface area contributed by atoms with E-state index in [9.17, 15) is 9.59 Å². The van der Waals surface area contributed by atoms with Gasteiger partial charge >= 0.3 is 0 Å². The minimum Gasteiger partial charge on any atom is -0.497 e. The highest BCUT2D eigenvalue weighted by Crippen LogP contribution is 2.30. The molecular formula is C17H15N3O3S2. The molecule has 0 aliphatic carbocycles. The zero-order valence-electron chi connectivity index (χ0n) is 13.6. The van der Waals surface area contributed by atoms with Crippen molar-refractivity contribution in [2.75, 3.05) is 12.4 Å². The number of carbonyl (C=O) groups excluding carboxylic acids is 2. The smallest absolute Gasteiger partial charge is 0.258 e. The summed E-state index contributed by atoms with van der Waals surface area (Å²) < 4.78 is 9.29. The van der Waals surface area contributed by atoms with E-state index in [1.807, 2.05) is 30.3 Å². The summed E-state index contributed by atoms with van der Waals surface area (Å²) in [7, 11) is 1.62. The normalized spacial score (nSPS) is 10.5. The van der Waals surface area contributed by atoms with Gasteiger partial charge in [0.1, 0.15) is 11.5 Å². The number of thiophene rings is 1. The number of hydrogen-bond donors (Lipinski definition) is 1. The van der Waals surface area contributed by atoms with Gasteiger partial charge in [-0.2, -0.15) is 4.37 Å². The van der Waals surface area contributed by atoms with E-state index in [-0.39, 0.29) is 18.1 Å². The number of methoxy groups -OCH3 is 1. The fraction of sp³-hybridized carbons (Fsp3) is 0.176. The van der Waals surface area contributed by atoms with Gasteiger partial charge in [-0.1, -0.05) is 12.1 Å². The molecule has 0 bridgehead atoms. The van der Waals surface area contributed by atoms with Crippen LogP contribution in [-0.4, -0.2) is 28.2 Å². The molecule has 2 heterocycles. The molecular weight excluding hydrogens is 358 g/mol. The van der Waals surface area contributed by atoms with Crippen LogP contribution in [0.5, 0.6) is 5.75 Å². The summed E-state index contributed by atoms with van der Waals surface area (Å²) in [5.41, 5.74) is 1.54. The van der Waals surface area contributed by atoms with Crippen LogP contribution in [0, 0.1) is 0 Å². The number of benzene rings is 1. The Hall–Kier alpha value is -2.58. The van der Waals surface area contributed by atoms with Crippen LogP contribution < -0.4 is 10.1 Å². The molecule has 0 fully saturated rings. The Morgan fingerprint density at radius 2 is 2.12 bits per heavy atom. The highest BCUT2D eigenvalue weighted by atomic mass is 32.1. The fourth-order valence-electron chi connectivity index (χ4n) is 2.15. The van der Waals surface area contributed by atoms with E-state index < -0.39 is 0 Å². The third kappa shape index (κ3) is 4.28. The highest BCUT2D eigenvalue weighted by Gasteiger charge is 2.13. The van der Waals surface area contributed by atoms with Gasteiger partial charge in [0, 0.05) is 21.8 Å². The first-order valence-electron chi connectivity index (χ1n) is 7.41. The molecule has 3 rings (SSSR count). The fourth-order valence-corrected chi connectivity index (χ4v) is 3.62. The molecule has 0 radical (unpaired) electrons. The second kappa shape index (κ2) is 7.54. The molecule has 8 heteroatoms. The number of ether oxygens (including phenoxy) is 1. The molecule has 0 atom stereocenters. The van der Waals surface area contributed by atoms with E-state index in [1.54, 1.807) is 12.5 Å². The van der Waals surface area contributed by atoms with E-state index in [0.717, 1.165) is 27.7 Å². The lowest BCUT2D eigenvalue weighted by molar-refractivity contribution is -0.116. The maximum absolute atomic E-state index is 12.4. The Labute approximate surface area is 152 Å². The number of nitrogens with zero attached hydrogens (tertiary/aromatic N) is 2. The van der Waals surface area contributed by atoms with Gasteiger partial charge in [0.25, 0.3) is 5.91 Å². The average molecular weight is 373 g/mol. The molecule has 1 aromatic carbocycles. The largest absolute Gasteiger partial charge is 0.497 e. The summed E-state index contributed by atoms with van der Waals surface area (Å²) in [4.78, 5) is 28.6. The molecule has 0 unspecified atom stereocenters. The lowest BCUT2D eigenvalue weighted by Gasteiger charge is -2.02. The standard InChI is InChI=1S/C17H15N3O3S2/c1-10(21)6-15-18-17(25-20-15)19-16(22)12-8-14(24-9-12)11-4-3-5-13(7-11)23-2/h3-5,7-9H,6H2,1-2H3,(H,18,19,20,22). The van der Waals surface area contributed by atoms with Crippen molar-refractivity contribution in [1.29, 1.82) is 0 Å². The van der Waals surface area contributed by atoms with Crippen molar-refractivity contribution in [3.63, 3.8) is 0 Å². The summed E-state index contributed by atoms with van der Waals surface area (Å²) in [6.45, 7) is 1.48. The zero-order valence-corrected chi connectivity index (χ0v) is 15.2. The SMILES string of the molecule is COc1cccc(-c2cc(C(=O)Nc3nc(CC(C)=O)ns3)cs2)c1. The first-order valence-corrected chi connectivity index (χ1v) is 9.07. The Balaban J connectivity index is 1.72. The molecule has 128 valence electrons. The van der Waals surface area contributed by atoms with Crippen LogP contribution in [-0.2, 0) is 11.2 Å². The number of ketones is 1. The topological polar surface area (TPSA) is 81.2 Å². The predicted molar refractivity (Wildman–Crippen MR) is 98.6 cm³/mol. The van der Waals surface area contributed by atoms with Crippen LogP contribution in [0.1, 0.15) is 23.1 Å². The number of amides is 1. The van der Waals surface area contributed by atoms with Crippen LogP contribution in [0.3, 0.4) is 0 Å². The van der Waals surface area contributed by atoms with Gasteiger partial charge in [0.05, 0.1) is 19.1 Å². The molecule has 3 aromatic rings. The number of rotatable bonds is 6. The van der Waals surface area contributed by atoms with Gasteiger partial charge in [0.2, 0.25) is 5.13 Å². The van der Waals surface area contributed by atoms with Crippen molar-refractivity contribution in [3.8, 4) is 16.2 Å². The lowest BCUT2D eigenvalue weighted by Crippen LogP contribution is -2.10. The van der Waals surface area contributed by atoms with Crippen LogP contribution in [0.25, 0.3) is 10.4 Å². The van der Waals surface area contributed by atoms with Gasteiger partial charge in [-0.3, -0.25) is 14.9 Å². The van der Waals surface area contributed by atoms with Crippen molar-refractivity contribution in [2.24, 2.45) is 0 Å². The second-order valence-electron chi connectivity index (χ2n) is 5.28. The molecule has 1 N–H and O–H groups in total. The van der Waals surface area contributed by atoms with Crippen molar-refractivity contribution < 1.29 is 14.3 Å². The van der Waals surface area contributed by atoms with E-state index in [4.69, 9.17) is 4.74 Å². The zero-order chi connectivity index (χ0) is 17.8. The number of aromatic nitrogens is 2. The van der Waals surface area contributed by atoms with Crippen molar-refractivity contribution >= 4 is 39.7 Å². The van der Waals surface area contributed by atoms with E-state index in [0.29, 0.717) is 16.5 Å². The van der Waals surface area contributed by atoms with Crippen LogP contribution in [0.4, 0.5) is 5.13 Å². The quantitative estimate of drug-likeness (QED) is 0.713. The first kappa shape index (κ1) is 17.2. The average Bonchev–Trinajstić information content (AvgIpc) is 3.24. The predicted octanol–water partition coefficient (Wildman–Crippen LogP) is 3.66. The van der Waals surface area contributed by atoms with Crippen LogP contribution >= 0.6 is 22.9 Å². The summed E-state index contributed by atoms with van der Waals surface area (Å²) in [5.74, 6) is 0.923. The number of Topliss-reactive ketones (excluding diaryl/α,β-unsaturated/α-hetero) is 1. The van der Waals surface area contributed by atoms with E-state index in [1.165, 1.54) is 18.3 Å². The van der Waals surface area contributed by atoms with E-state index in [2.05, 4.69) is 14.7 Å². The second-order valence-corrected chi connectivity index (χ2v) is 6.94. The van der Waals surface area contributed by atoms with Crippen molar-refractivity contribution in [1.82, 2.24) is 9.36 Å². The molecule has 0 saturated heterocycles. The third-order valence-corrected chi connectivity index (χ3v) is 4.96. The molecule has 2 aromatic heterocycles. The van der Waals surface area contributed by atoms with Crippen LogP contribution in [0.15, 0.2) is 35.7 Å². The molecule has 0 saturated carbocycles. The summed E-state index contributed by atoms with van der Waals surface area (Å²) in [6.07, 6.45) is 0.171. The summed E-state index contributed by atoms with van der Waals surface area (Å²) in [5, 5.41) is 4.89. The maximum Gasteiger partial charge on any atom is 0.258 e. The minimum absolute atomic E-state index is 0.0172. The molecule has 6 nitrogen and oxygen atoms in total. The van der Waals surface area contributed by atoms with E-state index >= 15 is 0 Å². The molecule has 0 aliphatic rings. The molecule has 0 spiro atoms. The summed E-state index contributed by atoms with van der Waals surface area (Å²) >= 11 is 2.54. The highest BCUT2D eigenvalue weighted by molar-refractivity contribution is 7.14. The Morgan fingerprint density at radius 1 is 1.28 bits per heavy atom. The number of nitrogens with one attached hydrogen (secondary N) is 1. The monoisotopic (exact) mass is 373 g/mol. The first-order chi connectivity index (χ1) is 12.0. The van der Waals surface area contributed by atoms with Gasteiger partial charge in [-0.15, -0.1) is 11.3 Å². The lowest BCUT2D eigenvalue weighted by atomic mass is 10.1. The number of carbonyl (C=O) groups is 2. The Bertz CT molecular complexity index is 917. The number of hydrogen-bond acceptors (Lipinski definition) is 7. The van der Waals surface area contributed by atoms with Gasteiger partial charge < -0.3 is 4.74 Å². The van der Waals surface area contributed by atoms with Gasteiger partial charge in [0.15, 0.2) is 5.82 Å². The maximum atomic E-state index is 12.4. The minimum atomic E-state index is -0.254. The molecule has 0 aliphatic heterocycles. The molecule has 1 amide bonds. The van der Waals surface area contributed by atoms with Crippen molar-refractivity contribution in [2.45, 2.75) is 13.3 Å². The van der Waals surface area contributed by atoms with Gasteiger partial charge in [-0.05, 0) is 30.7 Å². The number of anilines is 1. The Morgan fingerprint density at radius 3 is 2.88 bits per heavy atom. The third-order valence-electron chi connectivity index (χ3n) is 3.31. The van der Waals surface area contributed by atoms with Gasteiger partial charge in [-0.25, -0.2) is 4.98 Å².